The van der Waals surface area contributed by atoms with Gasteiger partial charge in [0.25, 0.3) is 0 Å². The molecule has 2 aromatic carbocycles. The van der Waals surface area contributed by atoms with Gasteiger partial charge in [-0.15, -0.1) is 6.58 Å². The van der Waals surface area contributed by atoms with Crippen molar-refractivity contribution in [1.82, 2.24) is 14.7 Å². The van der Waals surface area contributed by atoms with Crippen LogP contribution in [0.3, 0.4) is 0 Å². The summed E-state index contributed by atoms with van der Waals surface area (Å²) in [4.78, 5) is 2.30. The highest BCUT2D eigenvalue weighted by Gasteiger charge is 2.32. The van der Waals surface area contributed by atoms with Crippen LogP contribution in [-0.4, -0.2) is 51.7 Å². The first-order chi connectivity index (χ1) is 16.0. The Morgan fingerprint density at radius 2 is 2.03 bits per heavy atom. The lowest BCUT2D eigenvalue weighted by atomic mass is 10.2. The number of halogens is 1. The fourth-order valence-electron chi connectivity index (χ4n) is 3.80. The summed E-state index contributed by atoms with van der Waals surface area (Å²) in [7, 11) is 0. The number of aromatic nitrogens is 2. The average Bonchev–Trinajstić information content (AvgIpc) is 3.61. The summed E-state index contributed by atoms with van der Waals surface area (Å²) in [5.74, 6) is 1.39. The molecule has 6 nitrogen and oxygen atoms in total. The van der Waals surface area contributed by atoms with Crippen molar-refractivity contribution < 1.29 is 14.6 Å². The van der Waals surface area contributed by atoms with Gasteiger partial charge in [-0.25, -0.2) is 4.68 Å². The minimum absolute atomic E-state index is 0.281. The Bertz CT molecular complexity index is 1070. The van der Waals surface area contributed by atoms with Crippen molar-refractivity contribution in [2.75, 3.05) is 19.8 Å². The lowest BCUT2D eigenvalue weighted by molar-refractivity contribution is 0.0226. The molecule has 0 saturated heterocycles. The first-order valence-corrected chi connectivity index (χ1v) is 11.6. The normalized spacial score (nSPS) is 14.4. The first kappa shape index (κ1) is 23.5. The second-order valence-electron chi connectivity index (χ2n) is 8.32. The smallest absolute Gasteiger partial charge is 0.227 e. The number of aliphatic hydroxyl groups excluding tert-OH is 1. The van der Waals surface area contributed by atoms with Crippen LogP contribution in [0.5, 0.6) is 11.6 Å². The van der Waals surface area contributed by atoms with Crippen LogP contribution in [0.1, 0.15) is 24.1 Å². The summed E-state index contributed by atoms with van der Waals surface area (Å²) in [5, 5.41) is 16.0. The highest BCUT2D eigenvalue weighted by atomic mass is 35.5. The Morgan fingerprint density at radius 1 is 1.24 bits per heavy atom. The van der Waals surface area contributed by atoms with Crippen molar-refractivity contribution in [3.8, 4) is 17.3 Å². The van der Waals surface area contributed by atoms with Crippen LogP contribution >= 0.6 is 11.6 Å². The number of hydrogen-bond donors (Lipinski definition) is 1. The molecular formula is C26H30ClN3O3. The fourth-order valence-corrected chi connectivity index (χ4v) is 3.99. The maximum atomic E-state index is 10.5. The van der Waals surface area contributed by atoms with Gasteiger partial charge in [0.15, 0.2) is 0 Å². The monoisotopic (exact) mass is 467 g/mol. The molecule has 1 atom stereocenters. The molecule has 4 rings (SSSR count). The summed E-state index contributed by atoms with van der Waals surface area (Å²) in [6.07, 6.45) is 3.35. The number of nitrogens with zero attached hydrogens (tertiary/aromatic N) is 3. The van der Waals surface area contributed by atoms with Crippen LogP contribution in [0.25, 0.3) is 5.69 Å². The van der Waals surface area contributed by atoms with Gasteiger partial charge in [0.1, 0.15) is 5.75 Å². The van der Waals surface area contributed by atoms with Gasteiger partial charge < -0.3 is 14.6 Å². The van der Waals surface area contributed by atoms with Crippen LogP contribution in [0, 0.1) is 6.92 Å². The van der Waals surface area contributed by atoms with E-state index in [1.165, 1.54) is 0 Å². The maximum Gasteiger partial charge on any atom is 0.227 e. The predicted octanol–water partition coefficient (Wildman–Crippen LogP) is 5.15. The lowest BCUT2D eigenvalue weighted by Crippen LogP contribution is -2.36. The van der Waals surface area contributed by atoms with Crippen LogP contribution in [0.4, 0.5) is 0 Å². The SMILES string of the molecule is C=CCOCC(O)CN(Cc1c(C)nn(-c2cccc(Cl)c2)c1Oc1ccccc1)C1CC1. The zero-order chi connectivity index (χ0) is 23.2. The van der Waals surface area contributed by atoms with Crippen molar-refractivity contribution >= 4 is 11.6 Å². The van der Waals surface area contributed by atoms with Crippen molar-refractivity contribution in [3.63, 3.8) is 0 Å². The zero-order valence-electron chi connectivity index (χ0n) is 18.9. The van der Waals surface area contributed by atoms with Gasteiger partial charge in [0, 0.05) is 24.2 Å². The quantitative estimate of drug-likeness (QED) is 0.294. The number of ether oxygens (including phenoxy) is 2. The largest absolute Gasteiger partial charge is 0.439 e. The van der Waals surface area contributed by atoms with Crippen molar-refractivity contribution in [1.29, 1.82) is 0 Å². The standard InChI is InChI=1S/C26H30ClN3O3/c1-3-14-32-18-23(31)16-29(21-12-13-21)17-25-19(2)28-30(22-9-7-8-20(27)15-22)26(25)33-24-10-5-4-6-11-24/h3-11,15,21,23,31H,1,12-14,16-18H2,2H3. The van der Waals surface area contributed by atoms with Crippen LogP contribution in [0.15, 0.2) is 67.3 Å². The Labute approximate surface area is 200 Å². The molecule has 1 N–H and O–H groups in total. The minimum Gasteiger partial charge on any atom is -0.439 e. The van der Waals surface area contributed by atoms with Gasteiger partial charge in [0.2, 0.25) is 5.88 Å². The van der Waals surface area contributed by atoms with Crippen LogP contribution in [-0.2, 0) is 11.3 Å². The third-order valence-corrected chi connectivity index (χ3v) is 5.80. The van der Waals surface area contributed by atoms with Crippen LogP contribution in [0.2, 0.25) is 5.02 Å². The molecule has 0 radical (unpaired) electrons. The van der Waals surface area contributed by atoms with E-state index in [4.69, 9.17) is 26.2 Å². The maximum absolute atomic E-state index is 10.5. The van der Waals surface area contributed by atoms with E-state index in [9.17, 15) is 5.11 Å². The van der Waals surface area contributed by atoms with Gasteiger partial charge in [-0.1, -0.05) is 41.9 Å². The Morgan fingerprint density at radius 3 is 2.73 bits per heavy atom. The number of para-hydroxylation sites is 1. The van der Waals surface area contributed by atoms with Gasteiger partial charge in [0.05, 0.1) is 36.3 Å². The molecule has 1 saturated carbocycles. The zero-order valence-corrected chi connectivity index (χ0v) is 19.6. The summed E-state index contributed by atoms with van der Waals surface area (Å²) < 4.78 is 13.6. The van der Waals surface area contributed by atoms with Gasteiger partial charge in [-0.3, -0.25) is 4.90 Å². The third-order valence-electron chi connectivity index (χ3n) is 5.56. The second kappa shape index (κ2) is 11.0. The molecule has 1 aliphatic carbocycles. The van der Waals surface area contributed by atoms with E-state index in [2.05, 4.69) is 11.5 Å². The Balaban J connectivity index is 1.64. The van der Waals surface area contributed by atoms with E-state index in [-0.39, 0.29) is 6.61 Å². The fraction of sp³-hybridized carbons (Fsp3) is 0.346. The molecule has 1 aromatic heterocycles. The average molecular weight is 468 g/mol. The second-order valence-corrected chi connectivity index (χ2v) is 8.75. The molecular weight excluding hydrogens is 438 g/mol. The number of aliphatic hydroxyl groups is 1. The minimum atomic E-state index is -0.577. The molecule has 1 aliphatic rings. The van der Waals surface area contributed by atoms with Crippen molar-refractivity contribution in [3.05, 3.63) is 83.5 Å². The number of hydrogen-bond acceptors (Lipinski definition) is 5. The number of aryl methyl sites for hydroxylation is 1. The summed E-state index contributed by atoms with van der Waals surface area (Å²) in [5.41, 5.74) is 2.70. The van der Waals surface area contributed by atoms with E-state index in [0.717, 1.165) is 35.5 Å². The topological polar surface area (TPSA) is 59.8 Å². The first-order valence-electron chi connectivity index (χ1n) is 11.2. The molecule has 3 aromatic rings. The Hall–Kier alpha value is -2.64. The molecule has 1 fully saturated rings. The lowest BCUT2D eigenvalue weighted by Gasteiger charge is -2.25. The molecule has 7 heteroatoms. The molecule has 1 heterocycles. The number of benzene rings is 2. The predicted molar refractivity (Wildman–Crippen MR) is 130 cm³/mol. The summed E-state index contributed by atoms with van der Waals surface area (Å²) >= 11 is 6.26. The molecule has 0 amide bonds. The van der Waals surface area contributed by atoms with E-state index in [1.54, 1.807) is 10.8 Å². The van der Waals surface area contributed by atoms with Gasteiger partial charge in [-0.05, 0) is 50.1 Å². The van der Waals surface area contributed by atoms with Crippen LogP contribution < -0.4 is 4.74 Å². The molecule has 0 bridgehead atoms. The van der Waals surface area contributed by atoms with E-state index in [1.807, 2.05) is 61.5 Å². The molecule has 33 heavy (non-hydrogen) atoms. The van der Waals surface area contributed by atoms with Crippen molar-refractivity contribution in [2.24, 2.45) is 0 Å². The highest BCUT2D eigenvalue weighted by molar-refractivity contribution is 6.30. The highest BCUT2D eigenvalue weighted by Crippen LogP contribution is 2.35. The molecule has 0 spiro atoms. The molecule has 0 aliphatic heterocycles. The Kier molecular flexibility index (Phi) is 7.83. The van der Waals surface area contributed by atoms with Crippen molar-refractivity contribution in [2.45, 2.75) is 38.5 Å². The summed E-state index contributed by atoms with van der Waals surface area (Å²) in [6, 6.07) is 17.7. The third kappa shape index (κ3) is 6.24. The van der Waals surface area contributed by atoms with Gasteiger partial charge in [-0.2, -0.15) is 5.10 Å². The molecule has 174 valence electrons. The number of rotatable bonds is 12. The van der Waals surface area contributed by atoms with E-state index >= 15 is 0 Å². The van der Waals surface area contributed by atoms with Gasteiger partial charge >= 0.3 is 0 Å². The van der Waals surface area contributed by atoms with E-state index in [0.29, 0.717) is 36.6 Å². The summed E-state index contributed by atoms with van der Waals surface area (Å²) in [6.45, 7) is 7.50. The molecule has 1 unspecified atom stereocenters. The van der Waals surface area contributed by atoms with E-state index < -0.39 is 6.10 Å².